The van der Waals surface area contributed by atoms with Crippen molar-refractivity contribution in [3.8, 4) is 0 Å². The Bertz CT molecular complexity index is 298. The molecule has 1 heteroatoms. The fraction of sp³-hybridized carbons (Fsp3) is 0.154. The van der Waals surface area contributed by atoms with Crippen LogP contribution in [-0.2, 0) is 12.8 Å². The second-order valence-electron chi connectivity index (χ2n) is 3.10. The lowest BCUT2D eigenvalue weighted by atomic mass is 9.97. The van der Waals surface area contributed by atoms with Crippen molar-refractivity contribution in [1.29, 1.82) is 0 Å². The van der Waals surface area contributed by atoms with Crippen LogP contribution in [0.25, 0.3) is 0 Å². The lowest BCUT2D eigenvalue weighted by Crippen LogP contribution is -1.97. The fourth-order valence-corrected chi connectivity index (χ4v) is 1.50. The third kappa shape index (κ3) is 2.33. The zero-order chi connectivity index (χ0) is 10.4. The van der Waals surface area contributed by atoms with Gasteiger partial charge in [-0.2, -0.15) is 0 Å². The zero-order valence-corrected chi connectivity index (χ0v) is 8.24. The van der Waals surface area contributed by atoms with E-state index in [2.05, 4.69) is 13.2 Å². The van der Waals surface area contributed by atoms with Gasteiger partial charge < -0.3 is 5.11 Å². The van der Waals surface area contributed by atoms with Crippen LogP contribution in [-0.4, -0.2) is 5.11 Å². The van der Waals surface area contributed by atoms with Gasteiger partial charge in [-0.3, -0.25) is 0 Å². The highest BCUT2D eigenvalue weighted by Crippen LogP contribution is 2.17. The number of benzene rings is 1. The van der Waals surface area contributed by atoms with E-state index in [0.717, 1.165) is 36.1 Å². The third-order valence-corrected chi connectivity index (χ3v) is 2.14. The molecule has 73 valence electrons. The molecule has 0 aliphatic rings. The Labute approximate surface area is 85.4 Å². The minimum absolute atomic E-state index is 0.775. The second-order valence-corrected chi connectivity index (χ2v) is 3.10. The molecule has 1 aromatic carbocycles. The van der Waals surface area contributed by atoms with E-state index in [1.54, 1.807) is 0 Å². The van der Waals surface area contributed by atoms with E-state index in [0.29, 0.717) is 0 Å². The summed E-state index contributed by atoms with van der Waals surface area (Å²) in [7, 11) is 0. The standard InChI is InChI=1S/C13H15O/c1-3-6-11-8-5-9-12(7-4-2)13(11)10-14/h3-5,8-10,14H,1-2,6-7H2. The molecule has 0 fully saturated rings. The summed E-state index contributed by atoms with van der Waals surface area (Å²) >= 11 is 0. The molecular weight excluding hydrogens is 172 g/mol. The molecular formula is C13H15O. The molecule has 0 saturated carbocycles. The molecule has 1 aromatic rings. The van der Waals surface area contributed by atoms with Gasteiger partial charge in [-0.1, -0.05) is 30.4 Å². The van der Waals surface area contributed by atoms with Crippen LogP contribution < -0.4 is 0 Å². The van der Waals surface area contributed by atoms with Crippen LogP contribution in [0.2, 0.25) is 0 Å². The lowest BCUT2D eigenvalue weighted by Gasteiger charge is -2.09. The van der Waals surface area contributed by atoms with Crippen molar-refractivity contribution < 1.29 is 5.11 Å². The van der Waals surface area contributed by atoms with Crippen molar-refractivity contribution >= 4 is 0 Å². The molecule has 1 radical (unpaired) electrons. The zero-order valence-electron chi connectivity index (χ0n) is 8.24. The van der Waals surface area contributed by atoms with E-state index >= 15 is 0 Å². The maximum absolute atomic E-state index is 9.16. The molecule has 0 bridgehead atoms. The Kier molecular flexibility index (Phi) is 4.14. The first-order valence-corrected chi connectivity index (χ1v) is 4.63. The highest BCUT2D eigenvalue weighted by Gasteiger charge is 2.05. The van der Waals surface area contributed by atoms with Crippen LogP contribution in [0, 0.1) is 6.61 Å². The van der Waals surface area contributed by atoms with Crippen molar-refractivity contribution in [2.24, 2.45) is 0 Å². The SMILES string of the molecule is C=CCc1cccc(CC=C)c1[CH]O. The van der Waals surface area contributed by atoms with Gasteiger partial charge in [-0.15, -0.1) is 13.2 Å². The monoisotopic (exact) mass is 187 g/mol. The van der Waals surface area contributed by atoms with Gasteiger partial charge >= 0.3 is 0 Å². The summed E-state index contributed by atoms with van der Waals surface area (Å²) in [6.07, 6.45) is 5.22. The first kappa shape index (κ1) is 10.7. The summed E-state index contributed by atoms with van der Waals surface area (Å²) in [6.45, 7) is 8.55. The van der Waals surface area contributed by atoms with Gasteiger partial charge in [0.25, 0.3) is 0 Å². The second kappa shape index (κ2) is 5.40. The predicted octanol–water partition coefficient (Wildman–Crippen LogP) is 3.03. The summed E-state index contributed by atoms with van der Waals surface area (Å²) < 4.78 is 0. The topological polar surface area (TPSA) is 20.2 Å². The average molecular weight is 187 g/mol. The van der Waals surface area contributed by atoms with Crippen molar-refractivity contribution in [2.75, 3.05) is 0 Å². The highest BCUT2D eigenvalue weighted by atomic mass is 16.3. The quantitative estimate of drug-likeness (QED) is 0.702. The first-order valence-electron chi connectivity index (χ1n) is 4.63. The van der Waals surface area contributed by atoms with E-state index < -0.39 is 0 Å². The van der Waals surface area contributed by atoms with Gasteiger partial charge in [0.1, 0.15) is 6.61 Å². The molecule has 14 heavy (non-hydrogen) atoms. The molecule has 0 aliphatic carbocycles. The minimum atomic E-state index is 0.775. The summed E-state index contributed by atoms with van der Waals surface area (Å²) in [6, 6.07) is 5.98. The molecule has 1 rings (SSSR count). The van der Waals surface area contributed by atoms with E-state index in [-0.39, 0.29) is 0 Å². The van der Waals surface area contributed by atoms with Crippen LogP contribution >= 0.6 is 0 Å². The molecule has 0 spiro atoms. The predicted molar refractivity (Wildman–Crippen MR) is 59.6 cm³/mol. The molecule has 0 unspecified atom stereocenters. The number of hydrogen-bond acceptors (Lipinski definition) is 1. The van der Waals surface area contributed by atoms with E-state index in [1.165, 1.54) is 0 Å². The van der Waals surface area contributed by atoms with Crippen LogP contribution in [0.1, 0.15) is 16.7 Å². The molecule has 0 saturated heterocycles. The lowest BCUT2D eigenvalue weighted by molar-refractivity contribution is 0.413. The van der Waals surface area contributed by atoms with Gasteiger partial charge in [0.05, 0.1) is 0 Å². The van der Waals surface area contributed by atoms with Gasteiger partial charge in [0.2, 0.25) is 0 Å². The van der Waals surface area contributed by atoms with Crippen LogP contribution in [0.15, 0.2) is 43.5 Å². The molecule has 1 nitrogen and oxygen atoms in total. The Balaban J connectivity index is 3.09. The minimum Gasteiger partial charge on any atom is -0.385 e. The summed E-state index contributed by atoms with van der Waals surface area (Å²) in [5.41, 5.74) is 3.09. The van der Waals surface area contributed by atoms with Gasteiger partial charge in [0, 0.05) is 0 Å². The average Bonchev–Trinajstić information content (AvgIpc) is 2.19. The Morgan fingerprint density at radius 2 is 1.57 bits per heavy atom. The van der Waals surface area contributed by atoms with Crippen LogP contribution in [0.3, 0.4) is 0 Å². The maximum Gasteiger partial charge on any atom is 0.110 e. The highest BCUT2D eigenvalue weighted by molar-refractivity contribution is 5.40. The number of rotatable bonds is 5. The largest absolute Gasteiger partial charge is 0.385 e. The number of aliphatic hydroxyl groups excluding tert-OH is 1. The van der Waals surface area contributed by atoms with Gasteiger partial charge in [-0.05, 0) is 29.5 Å². The summed E-state index contributed by atoms with van der Waals surface area (Å²) in [5, 5.41) is 9.16. The molecule has 0 amide bonds. The summed E-state index contributed by atoms with van der Waals surface area (Å²) in [5.74, 6) is 0. The van der Waals surface area contributed by atoms with Crippen LogP contribution in [0.5, 0.6) is 0 Å². The Hall–Kier alpha value is -1.34. The maximum atomic E-state index is 9.16. The normalized spacial score (nSPS) is 9.79. The number of hydrogen-bond donors (Lipinski definition) is 1. The molecule has 0 heterocycles. The number of aliphatic hydroxyl groups is 1. The van der Waals surface area contributed by atoms with E-state index in [4.69, 9.17) is 5.11 Å². The van der Waals surface area contributed by atoms with Gasteiger partial charge in [0.15, 0.2) is 0 Å². The van der Waals surface area contributed by atoms with Crippen LogP contribution in [0.4, 0.5) is 0 Å². The van der Waals surface area contributed by atoms with Crippen molar-refractivity contribution in [2.45, 2.75) is 12.8 Å². The van der Waals surface area contributed by atoms with Gasteiger partial charge in [-0.25, -0.2) is 0 Å². The summed E-state index contributed by atoms with van der Waals surface area (Å²) in [4.78, 5) is 0. The van der Waals surface area contributed by atoms with Crippen molar-refractivity contribution in [3.05, 3.63) is 66.8 Å². The molecule has 0 atom stereocenters. The molecule has 0 aliphatic heterocycles. The third-order valence-electron chi connectivity index (χ3n) is 2.14. The Morgan fingerprint density at radius 1 is 1.07 bits per heavy atom. The first-order chi connectivity index (χ1) is 6.83. The van der Waals surface area contributed by atoms with E-state index in [9.17, 15) is 0 Å². The fourth-order valence-electron chi connectivity index (χ4n) is 1.50. The van der Waals surface area contributed by atoms with Crippen molar-refractivity contribution in [1.82, 2.24) is 0 Å². The number of allylic oxidation sites excluding steroid dienone is 2. The van der Waals surface area contributed by atoms with E-state index in [1.807, 2.05) is 30.4 Å². The Morgan fingerprint density at radius 3 is 1.93 bits per heavy atom. The molecule has 1 N–H and O–H groups in total. The van der Waals surface area contributed by atoms with Crippen molar-refractivity contribution in [3.63, 3.8) is 0 Å². The smallest absolute Gasteiger partial charge is 0.110 e. The molecule has 0 aromatic heterocycles.